The second-order valence-electron chi connectivity index (χ2n) is 5.15. The van der Waals surface area contributed by atoms with Gasteiger partial charge in [-0.25, -0.2) is 8.42 Å². The Morgan fingerprint density at radius 1 is 1.32 bits per heavy atom. The lowest BCUT2D eigenvalue weighted by Gasteiger charge is -2.09. The third-order valence-corrected chi connectivity index (χ3v) is 5.15. The van der Waals surface area contributed by atoms with E-state index in [4.69, 9.17) is 0 Å². The van der Waals surface area contributed by atoms with E-state index in [1.165, 1.54) is 0 Å². The summed E-state index contributed by atoms with van der Waals surface area (Å²) < 4.78 is 24.4. The van der Waals surface area contributed by atoms with E-state index in [9.17, 15) is 13.2 Å². The number of rotatable bonds is 5. The molecule has 0 radical (unpaired) electrons. The van der Waals surface area contributed by atoms with Gasteiger partial charge in [0.2, 0.25) is 5.91 Å². The standard InChI is InChI=1S/C14H19NO3S/c1-10-3-6-13(11(2)9-10)19(17,18)8-7-15-14(16)12-4-5-12/h3,6,9,12H,4-5,7-8H2,1-2H3,(H,15,16). The monoisotopic (exact) mass is 281 g/mol. The van der Waals surface area contributed by atoms with E-state index < -0.39 is 9.84 Å². The van der Waals surface area contributed by atoms with E-state index >= 15 is 0 Å². The van der Waals surface area contributed by atoms with E-state index in [0.717, 1.165) is 24.0 Å². The summed E-state index contributed by atoms with van der Waals surface area (Å²) in [6, 6.07) is 5.29. The van der Waals surface area contributed by atoms with Crippen LogP contribution in [-0.2, 0) is 14.6 Å². The Hall–Kier alpha value is -1.36. The number of nitrogens with one attached hydrogen (secondary N) is 1. The molecule has 0 aromatic heterocycles. The van der Waals surface area contributed by atoms with E-state index in [1.54, 1.807) is 19.1 Å². The Labute approximate surface area is 114 Å². The first-order valence-corrected chi connectivity index (χ1v) is 8.13. The van der Waals surface area contributed by atoms with Gasteiger partial charge in [-0.2, -0.15) is 0 Å². The number of carbonyl (C=O) groups is 1. The fourth-order valence-electron chi connectivity index (χ4n) is 2.06. The lowest BCUT2D eigenvalue weighted by Crippen LogP contribution is -2.30. The zero-order chi connectivity index (χ0) is 14.0. The second kappa shape index (κ2) is 5.33. The summed E-state index contributed by atoms with van der Waals surface area (Å²) >= 11 is 0. The number of aryl methyl sites for hydroxylation is 2. The molecule has 1 saturated carbocycles. The van der Waals surface area contributed by atoms with Crippen LogP contribution in [-0.4, -0.2) is 26.6 Å². The number of hydrogen-bond acceptors (Lipinski definition) is 3. The predicted molar refractivity (Wildman–Crippen MR) is 73.7 cm³/mol. The van der Waals surface area contributed by atoms with Gasteiger partial charge in [0.05, 0.1) is 10.6 Å². The summed E-state index contributed by atoms with van der Waals surface area (Å²) in [6.07, 6.45) is 1.85. The summed E-state index contributed by atoms with van der Waals surface area (Å²) in [6.45, 7) is 3.91. The fraction of sp³-hybridized carbons (Fsp3) is 0.500. The Bertz CT molecular complexity index is 589. The van der Waals surface area contributed by atoms with Gasteiger partial charge in [-0.1, -0.05) is 17.7 Å². The molecule has 1 aliphatic rings. The van der Waals surface area contributed by atoms with E-state index in [1.807, 2.05) is 13.0 Å². The van der Waals surface area contributed by atoms with Crippen molar-refractivity contribution in [2.45, 2.75) is 31.6 Å². The first-order valence-electron chi connectivity index (χ1n) is 6.48. The Kier molecular flexibility index (Phi) is 3.94. The van der Waals surface area contributed by atoms with Crippen molar-refractivity contribution in [3.63, 3.8) is 0 Å². The predicted octanol–water partition coefficient (Wildman–Crippen LogP) is 1.60. The highest BCUT2D eigenvalue weighted by molar-refractivity contribution is 7.91. The van der Waals surface area contributed by atoms with Crippen molar-refractivity contribution in [2.75, 3.05) is 12.3 Å². The third-order valence-electron chi connectivity index (χ3n) is 3.28. The average molecular weight is 281 g/mol. The summed E-state index contributed by atoms with van der Waals surface area (Å²) in [5.74, 6) is 0.0506. The Balaban J connectivity index is 1.99. The molecule has 0 atom stereocenters. The van der Waals surface area contributed by atoms with Gasteiger partial charge in [-0.3, -0.25) is 4.79 Å². The molecule has 0 heterocycles. The SMILES string of the molecule is Cc1ccc(S(=O)(=O)CCNC(=O)C2CC2)c(C)c1. The highest BCUT2D eigenvalue weighted by Crippen LogP contribution is 2.28. The van der Waals surface area contributed by atoms with Crippen LogP contribution in [0.2, 0.25) is 0 Å². The Morgan fingerprint density at radius 3 is 2.58 bits per heavy atom. The van der Waals surface area contributed by atoms with Crippen LogP contribution in [0.5, 0.6) is 0 Å². The van der Waals surface area contributed by atoms with Crippen molar-refractivity contribution >= 4 is 15.7 Å². The van der Waals surface area contributed by atoms with Crippen LogP contribution in [0.1, 0.15) is 24.0 Å². The molecule has 5 heteroatoms. The summed E-state index contributed by atoms with van der Waals surface area (Å²) in [5, 5.41) is 2.68. The molecule has 2 rings (SSSR count). The van der Waals surface area contributed by atoms with Crippen LogP contribution in [0.25, 0.3) is 0 Å². The molecule has 1 fully saturated rings. The van der Waals surface area contributed by atoms with Crippen LogP contribution < -0.4 is 5.32 Å². The largest absolute Gasteiger partial charge is 0.355 e. The first kappa shape index (κ1) is 14.1. The lowest BCUT2D eigenvalue weighted by molar-refractivity contribution is -0.122. The van der Waals surface area contributed by atoms with Crippen molar-refractivity contribution in [3.8, 4) is 0 Å². The Morgan fingerprint density at radius 2 is 2.00 bits per heavy atom. The van der Waals surface area contributed by atoms with Crippen LogP contribution in [0.4, 0.5) is 0 Å². The number of hydrogen-bond donors (Lipinski definition) is 1. The van der Waals surface area contributed by atoms with Gasteiger partial charge in [-0.05, 0) is 38.3 Å². The molecule has 1 aromatic rings. The molecule has 1 aliphatic carbocycles. The minimum atomic E-state index is -3.32. The quantitative estimate of drug-likeness (QED) is 0.891. The van der Waals surface area contributed by atoms with Crippen molar-refractivity contribution in [2.24, 2.45) is 5.92 Å². The molecule has 0 spiro atoms. The molecule has 1 aromatic carbocycles. The molecule has 1 amide bonds. The van der Waals surface area contributed by atoms with Crippen molar-refractivity contribution in [1.29, 1.82) is 0 Å². The summed E-state index contributed by atoms with van der Waals surface area (Å²) in [4.78, 5) is 11.8. The normalized spacial score (nSPS) is 15.3. The van der Waals surface area contributed by atoms with E-state index in [-0.39, 0.29) is 24.1 Å². The number of carbonyl (C=O) groups excluding carboxylic acids is 1. The van der Waals surface area contributed by atoms with Gasteiger partial charge < -0.3 is 5.32 Å². The lowest BCUT2D eigenvalue weighted by atomic mass is 10.2. The van der Waals surface area contributed by atoms with Gasteiger partial charge in [0.15, 0.2) is 9.84 Å². The zero-order valence-corrected chi connectivity index (χ0v) is 12.1. The molecule has 0 aliphatic heterocycles. The molecular formula is C14H19NO3S. The maximum atomic E-state index is 12.2. The maximum absolute atomic E-state index is 12.2. The highest BCUT2D eigenvalue weighted by Gasteiger charge is 2.29. The topological polar surface area (TPSA) is 63.2 Å². The van der Waals surface area contributed by atoms with Crippen molar-refractivity contribution in [3.05, 3.63) is 29.3 Å². The van der Waals surface area contributed by atoms with E-state index in [0.29, 0.717) is 4.90 Å². The third kappa shape index (κ3) is 3.56. The molecule has 0 saturated heterocycles. The smallest absolute Gasteiger partial charge is 0.223 e. The summed E-state index contributed by atoms with van der Waals surface area (Å²) in [7, 11) is -3.32. The number of benzene rings is 1. The molecule has 1 N–H and O–H groups in total. The van der Waals surface area contributed by atoms with Crippen molar-refractivity contribution in [1.82, 2.24) is 5.32 Å². The van der Waals surface area contributed by atoms with Crippen LogP contribution in [0, 0.1) is 19.8 Å². The van der Waals surface area contributed by atoms with Crippen LogP contribution in [0.15, 0.2) is 23.1 Å². The average Bonchev–Trinajstić information content (AvgIpc) is 3.11. The maximum Gasteiger partial charge on any atom is 0.223 e. The minimum absolute atomic E-state index is 0.0178. The van der Waals surface area contributed by atoms with Gasteiger partial charge in [0, 0.05) is 12.5 Å². The molecule has 104 valence electrons. The summed E-state index contributed by atoms with van der Waals surface area (Å²) in [5.41, 5.74) is 1.80. The van der Waals surface area contributed by atoms with Crippen molar-refractivity contribution < 1.29 is 13.2 Å². The van der Waals surface area contributed by atoms with Gasteiger partial charge in [-0.15, -0.1) is 0 Å². The second-order valence-corrected chi connectivity index (χ2v) is 7.23. The van der Waals surface area contributed by atoms with Crippen LogP contribution in [0.3, 0.4) is 0 Å². The van der Waals surface area contributed by atoms with Gasteiger partial charge in [0.1, 0.15) is 0 Å². The zero-order valence-electron chi connectivity index (χ0n) is 11.3. The first-order chi connectivity index (χ1) is 8.90. The molecule has 19 heavy (non-hydrogen) atoms. The minimum Gasteiger partial charge on any atom is -0.355 e. The van der Waals surface area contributed by atoms with Gasteiger partial charge >= 0.3 is 0 Å². The molecule has 4 nitrogen and oxygen atoms in total. The number of amides is 1. The molecule has 0 unspecified atom stereocenters. The fourth-order valence-corrected chi connectivity index (χ4v) is 3.47. The number of sulfone groups is 1. The van der Waals surface area contributed by atoms with Crippen LogP contribution >= 0.6 is 0 Å². The van der Waals surface area contributed by atoms with E-state index in [2.05, 4.69) is 5.32 Å². The highest BCUT2D eigenvalue weighted by atomic mass is 32.2. The molecule has 0 bridgehead atoms. The van der Waals surface area contributed by atoms with Gasteiger partial charge in [0.25, 0.3) is 0 Å². The molecular weight excluding hydrogens is 262 g/mol.